The second kappa shape index (κ2) is 8.11. The average Bonchev–Trinajstić information content (AvgIpc) is 3.06. The van der Waals surface area contributed by atoms with Crippen LogP contribution in [0.25, 0.3) is 0 Å². The summed E-state index contributed by atoms with van der Waals surface area (Å²) in [4.78, 5) is 17.2. The minimum Gasteiger partial charge on any atom is -0.376 e. The molecule has 1 aromatic rings. The number of likely N-dealkylation sites (tertiary alicyclic amines) is 2. The molecule has 3 aliphatic rings. The second-order valence-corrected chi connectivity index (χ2v) is 9.40. The predicted octanol–water partition coefficient (Wildman–Crippen LogP) is 3.88. The molecule has 1 spiro atoms. The van der Waals surface area contributed by atoms with Crippen molar-refractivity contribution in [2.24, 2.45) is 11.3 Å². The number of ether oxygens (including phenoxy) is 1. The van der Waals surface area contributed by atoms with Crippen LogP contribution in [0.3, 0.4) is 0 Å². The molecule has 2 atom stereocenters. The Morgan fingerprint density at radius 1 is 1.29 bits per heavy atom. The van der Waals surface area contributed by atoms with E-state index in [0.717, 1.165) is 51.4 Å². The Hall–Kier alpha value is -1.46. The fourth-order valence-corrected chi connectivity index (χ4v) is 5.19. The van der Waals surface area contributed by atoms with E-state index in [1.54, 1.807) is 19.1 Å². The monoisotopic (exact) mass is 388 g/mol. The number of halogens is 1. The first-order valence-corrected chi connectivity index (χ1v) is 10.8. The van der Waals surface area contributed by atoms with Gasteiger partial charge in [-0.25, -0.2) is 4.39 Å². The van der Waals surface area contributed by atoms with Gasteiger partial charge in [-0.1, -0.05) is 13.0 Å². The van der Waals surface area contributed by atoms with Gasteiger partial charge >= 0.3 is 0 Å². The zero-order chi connectivity index (χ0) is 19.7. The van der Waals surface area contributed by atoms with Crippen molar-refractivity contribution in [1.29, 1.82) is 0 Å². The molecule has 3 heterocycles. The SMILES string of the molecule is Cc1ccc(C(=O)N2CCC3(CC2)CO[C@@H](CN2CCC[C@H](C)C2)C3)cc1F. The van der Waals surface area contributed by atoms with Crippen LogP contribution >= 0.6 is 0 Å². The molecule has 0 N–H and O–H groups in total. The van der Waals surface area contributed by atoms with Crippen LogP contribution in [0.1, 0.15) is 54.9 Å². The third kappa shape index (κ3) is 4.25. The number of hydrogen-bond acceptors (Lipinski definition) is 3. The van der Waals surface area contributed by atoms with Gasteiger partial charge in [0.05, 0.1) is 12.7 Å². The van der Waals surface area contributed by atoms with Crippen molar-refractivity contribution in [3.05, 3.63) is 35.1 Å². The minimum atomic E-state index is -0.307. The van der Waals surface area contributed by atoms with Gasteiger partial charge in [0.2, 0.25) is 0 Å². The summed E-state index contributed by atoms with van der Waals surface area (Å²) in [5.74, 6) is 0.440. The van der Waals surface area contributed by atoms with Gasteiger partial charge in [-0.15, -0.1) is 0 Å². The van der Waals surface area contributed by atoms with Crippen molar-refractivity contribution in [3.8, 4) is 0 Å². The van der Waals surface area contributed by atoms with Crippen LogP contribution in [0.4, 0.5) is 4.39 Å². The summed E-state index contributed by atoms with van der Waals surface area (Å²) in [7, 11) is 0. The van der Waals surface area contributed by atoms with Gasteiger partial charge in [-0.05, 0) is 74.6 Å². The molecular weight excluding hydrogens is 355 g/mol. The van der Waals surface area contributed by atoms with Crippen molar-refractivity contribution in [1.82, 2.24) is 9.80 Å². The number of aryl methyl sites for hydroxylation is 1. The molecule has 3 aliphatic heterocycles. The molecule has 4 nitrogen and oxygen atoms in total. The van der Waals surface area contributed by atoms with E-state index in [0.29, 0.717) is 17.2 Å². The molecule has 154 valence electrons. The summed E-state index contributed by atoms with van der Waals surface area (Å²) in [6, 6.07) is 4.79. The molecule has 0 saturated carbocycles. The highest BCUT2D eigenvalue weighted by molar-refractivity contribution is 5.94. The van der Waals surface area contributed by atoms with Gasteiger partial charge in [0.25, 0.3) is 5.91 Å². The number of hydrogen-bond donors (Lipinski definition) is 0. The normalized spacial score (nSPS) is 28.0. The predicted molar refractivity (Wildman–Crippen MR) is 108 cm³/mol. The lowest BCUT2D eigenvalue weighted by atomic mass is 9.76. The number of benzene rings is 1. The number of carbonyl (C=O) groups is 1. The quantitative estimate of drug-likeness (QED) is 0.788. The van der Waals surface area contributed by atoms with E-state index in [9.17, 15) is 9.18 Å². The lowest BCUT2D eigenvalue weighted by Crippen LogP contribution is -2.44. The maximum atomic E-state index is 13.8. The van der Waals surface area contributed by atoms with E-state index >= 15 is 0 Å². The molecule has 5 heteroatoms. The van der Waals surface area contributed by atoms with Crippen LogP contribution in [0.15, 0.2) is 18.2 Å². The summed E-state index contributed by atoms with van der Waals surface area (Å²) in [5.41, 5.74) is 1.26. The number of amides is 1. The zero-order valence-electron chi connectivity index (χ0n) is 17.3. The smallest absolute Gasteiger partial charge is 0.253 e. The van der Waals surface area contributed by atoms with Crippen LogP contribution in [-0.2, 0) is 4.74 Å². The Labute approximate surface area is 168 Å². The molecular formula is C23H33FN2O2. The van der Waals surface area contributed by atoms with E-state index in [4.69, 9.17) is 4.74 Å². The Balaban J connectivity index is 1.30. The Morgan fingerprint density at radius 3 is 2.79 bits per heavy atom. The molecule has 28 heavy (non-hydrogen) atoms. The standard InChI is InChI=1S/C23H33FN2O2/c1-17-4-3-9-25(14-17)15-20-13-23(16-28-20)7-10-26(11-8-23)22(27)19-6-5-18(2)21(24)12-19/h5-6,12,17,20H,3-4,7-11,13-16H2,1-2H3/t17-,20+/m0/s1. The maximum Gasteiger partial charge on any atom is 0.253 e. The highest BCUT2D eigenvalue weighted by Crippen LogP contribution is 2.42. The number of nitrogens with zero attached hydrogens (tertiary/aromatic N) is 2. The van der Waals surface area contributed by atoms with Crippen LogP contribution in [-0.4, -0.2) is 61.1 Å². The van der Waals surface area contributed by atoms with Crippen LogP contribution in [0.2, 0.25) is 0 Å². The number of carbonyl (C=O) groups excluding carboxylic acids is 1. The lowest BCUT2D eigenvalue weighted by Gasteiger charge is -2.38. The molecule has 3 fully saturated rings. The molecule has 4 rings (SSSR count). The fourth-order valence-electron chi connectivity index (χ4n) is 5.19. The second-order valence-electron chi connectivity index (χ2n) is 9.40. The summed E-state index contributed by atoms with van der Waals surface area (Å²) in [5, 5.41) is 0. The van der Waals surface area contributed by atoms with E-state index in [2.05, 4.69) is 11.8 Å². The first kappa shape index (κ1) is 19.8. The van der Waals surface area contributed by atoms with Crippen LogP contribution < -0.4 is 0 Å². The van der Waals surface area contributed by atoms with E-state index in [1.807, 2.05) is 4.90 Å². The van der Waals surface area contributed by atoms with Crippen LogP contribution in [0, 0.1) is 24.1 Å². The molecule has 0 radical (unpaired) electrons. The van der Waals surface area contributed by atoms with Gasteiger partial charge < -0.3 is 14.5 Å². The summed E-state index contributed by atoms with van der Waals surface area (Å²) in [6.45, 7) is 9.82. The lowest BCUT2D eigenvalue weighted by molar-refractivity contribution is 0.0402. The summed E-state index contributed by atoms with van der Waals surface area (Å²) in [6.07, 6.45) is 6.06. The van der Waals surface area contributed by atoms with E-state index in [1.165, 1.54) is 32.0 Å². The van der Waals surface area contributed by atoms with Gasteiger partial charge in [0.15, 0.2) is 0 Å². The highest BCUT2D eigenvalue weighted by Gasteiger charge is 2.43. The summed E-state index contributed by atoms with van der Waals surface area (Å²) >= 11 is 0. The van der Waals surface area contributed by atoms with E-state index < -0.39 is 0 Å². The number of rotatable bonds is 3. The molecule has 1 amide bonds. The number of piperidine rings is 2. The third-order valence-corrected chi connectivity index (χ3v) is 7.02. The topological polar surface area (TPSA) is 32.8 Å². The fraction of sp³-hybridized carbons (Fsp3) is 0.696. The molecule has 0 aliphatic carbocycles. The molecule has 0 aromatic heterocycles. The van der Waals surface area contributed by atoms with Gasteiger partial charge in [-0.3, -0.25) is 4.79 Å². The van der Waals surface area contributed by atoms with Crippen molar-refractivity contribution in [2.45, 2.75) is 52.1 Å². The van der Waals surface area contributed by atoms with Gasteiger partial charge in [-0.2, -0.15) is 0 Å². The van der Waals surface area contributed by atoms with Crippen molar-refractivity contribution in [2.75, 3.05) is 39.3 Å². The first-order chi connectivity index (χ1) is 13.4. The maximum absolute atomic E-state index is 13.8. The highest BCUT2D eigenvalue weighted by atomic mass is 19.1. The molecule has 3 saturated heterocycles. The van der Waals surface area contributed by atoms with E-state index in [-0.39, 0.29) is 17.1 Å². The molecule has 0 unspecified atom stereocenters. The Bertz CT molecular complexity index is 715. The van der Waals surface area contributed by atoms with Gasteiger partial charge in [0.1, 0.15) is 5.82 Å². The Morgan fingerprint density at radius 2 is 2.07 bits per heavy atom. The zero-order valence-corrected chi connectivity index (χ0v) is 17.3. The van der Waals surface area contributed by atoms with Crippen molar-refractivity contribution >= 4 is 5.91 Å². The summed E-state index contributed by atoms with van der Waals surface area (Å²) < 4.78 is 20.0. The van der Waals surface area contributed by atoms with Crippen molar-refractivity contribution in [3.63, 3.8) is 0 Å². The largest absolute Gasteiger partial charge is 0.376 e. The minimum absolute atomic E-state index is 0.0495. The van der Waals surface area contributed by atoms with Crippen molar-refractivity contribution < 1.29 is 13.9 Å². The molecule has 0 bridgehead atoms. The van der Waals surface area contributed by atoms with Gasteiger partial charge in [0, 0.05) is 31.7 Å². The average molecular weight is 389 g/mol. The Kier molecular flexibility index (Phi) is 5.75. The molecule has 1 aromatic carbocycles. The van der Waals surface area contributed by atoms with Crippen LogP contribution in [0.5, 0.6) is 0 Å². The third-order valence-electron chi connectivity index (χ3n) is 7.02. The first-order valence-electron chi connectivity index (χ1n) is 10.8.